The van der Waals surface area contributed by atoms with Crippen molar-refractivity contribution in [2.75, 3.05) is 5.32 Å². The van der Waals surface area contributed by atoms with Crippen LogP contribution in [0.4, 0.5) is 9.52 Å². The van der Waals surface area contributed by atoms with Gasteiger partial charge in [-0.05, 0) is 44.2 Å². The van der Waals surface area contributed by atoms with Crippen LogP contribution in [0.15, 0.2) is 34.7 Å². The number of anilines is 1. The predicted octanol–water partition coefficient (Wildman–Crippen LogP) is 3.63. The molecular formula is C17H14FN3O3S. The fraction of sp³-hybridized carbons (Fsp3) is 0.176. The molecule has 25 heavy (non-hydrogen) atoms. The van der Waals surface area contributed by atoms with Crippen LogP contribution in [0.2, 0.25) is 0 Å². The van der Waals surface area contributed by atoms with Crippen LogP contribution in [-0.2, 0) is 11.2 Å². The van der Waals surface area contributed by atoms with Crippen molar-refractivity contribution in [3.63, 3.8) is 0 Å². The number of furan rings is 1. The molecule has 0 unspecified atom stereocenters. The lowest BCUT2D eigenvalue weighted by Crippen LogP contribution is -2.12. The molecule has 2 aromatic heterocycles. The lowest BCUT2D eigenvalue weighted by molar-refractivity contribution is -0.116. The number of Topliss-reactive ketones (excluding diaryl/α,β-unsaturated/α-hetero) is 1. The highest BCUT2D eigenvalue weighted by Gasteiger charge is 2.18. The number of nitrogens with one attached hydrogen (secondary N) is 1. The second-order valence-electron chi connectivity index (χ2n) is 5.44. The second kappa shape index (κ2) is 6.94. The highest BCUT2D eigenvalue weighted by Crippen LogP contribution is 2.26. The summed E-state index contributed by atoms with van der Waals surface area (Å²) in [5.41, 5.74) is 1.02. The number of amides is 1. The Labute approximate surface area is 146 Å². The molecule has 0 spiro atoms. The van der Waals surface area contributed by atoms with Crippen LogP contribution in [0.1, 0.15) is 28.9 Å². The van der Waals surface area contributed by atoms with Crippen molar-refractivity contribution in [2.24, 2.45) is 0 Å². The van der Waals surface area contributed by atoms with E-state index in [9.17, 15) is 14.0 Å². The molecule has 0 saturated heterocycles. The zero-order valence-electron chi connectivity index (χ0n) is 13.5. The van der Waals surface area contributed by atoms with Gasteiger partial charge in [0, 0.05) is 17.1 Å². The van der Waals surface area contributed by atoms with E-state index in [-0.39, 0.29) is 23.9 Å². The lowest BCUT2D eigenvalue weighted by atomic mass is 10.1. The molecule has 0 aliphatic carbocycles. The van der Waals surface area contributed by atoms with E-state index < -0.39 is 0 Å². The number of halogens is 1. The molecule has 0 aliphatic rings. The molecule has 3 rings (SSSR count). The molecule has 6 nitrogen and oxygen atoms in total. The number of hydrogen-bond acceptors (Lipinski definition) is 6. The molecule has 0 saturated carbocycles. The molecule has 0 aliphatic heterocycles. The summed E-state index contributed by atoms with van der Waals surface area (Å²) < 4.78 is 22.6. The van der Waals surface area contributed by atoms with Crippen molar-refractivity contribution in [2.45, 2.75) is 20.3 Å². The molecule has 0 radical (unpaired) electrons. The van der Waals surface area contributed by atoms with Crippen LogP contribution < -0.4 is 5.32 Å². The molecule has 128 valence electrons. The molecular weight excluding hydrogens is 345 g/mol. The van der Waals surface area contributed by atoms with E-state index in [0.717, 1.165) is 11.5 Å². The summed E-state index contributed by atoms with van der Waals surface area (Å²) in [6.45, 7) is 3.12. The Morgan fingerprint density at radius 3 is 2.68 bits per heavy atom. The highest BCUT2D eigenvalue weighted by molar-refractivity contribution is 7.09. The Balaban J connectivity index is 1.77. The van der Waals surface area contributed by atoms with Crippen molar-refractivity contribution in [3.8, 4) is 11.3 Å². The van der Waals surface area contributed by atoms with E-state index in [0.29, 0.717) is 33.6 Å². The maximum Gasteiger partial charge on any atom is 0.261 e. The smallest absolute Gasteiger partial charge is 0.261 e. The van der Waals surface area contributed by atoms with Crippen molar-refractivity contribution in [1.29, 1.82) is 0 Å². The van der Waals surface area contributed by atoms with Gasteiger partial charge in [-0.1, -0.05) is 0 Å². The van der Waals surface area contributed by atoms with E-state index in [1.807, 2.05) is 0 Å². The minimum atomic E-state index is -0.389. The molecule has 8 heteroatoms. The number of hydrogen-bond donors (Lipinski definition) is 1. The number of carbonyl (C=O) groups is 2. The summed E-state index contributed by atoms with van der Waals surface area (Å²) in [4.78, 5) is 27.6. The summed E-state index contributed by atoms with van der Waals surface area (Å²) in [7, 11) is 0. The summed E-state index contributed by atoms with van der Waals surface area (Å²) >= 11 is 1.01. The molecule has 2 heterocycles. The molecule has 1 N–H and O–H groups in total. The van der Waals surface area contributed by atoms with Crippen LogP contribution in [0.5, 0.6) is 0 Å². The van der Waals surface area contributed by atoms with Gasteiger partial charge < -0.3 is 4.42 Å². The SMILES string of the molecule is CC(=O)Cc1nsc(NC(=O)c2cc(-c3ccc(F)cc3)oc2C)n1. The van der Waals surface area contributed by atoms with Gasteiger partial charge in [0.25, 0.3) is 5.91 Å². The van der Waals surface area contributed by atoms with Gasteiger partial charge in [-0.3, -0.25) is 14.9 Å². The molecule has 1 aromatic carbocycles. The second-order valence-corrected chi connectivity index (χ2v) is 6.19. The molecule has 0 fully saturated rings. The predicted molar refractivity (Wildman–Crippen MR) is 91.1 cm³/mol. The van der Waals surface area contributed by atoms with Gasteiger partial charge in [-0.2, -0.15) is 4.37 Å². The topological polar surface area (TPSA) is 85.1 Å². The third kappa shape index (κ3) is 3.97. The maximum absolute atomic E-state index is 13.0. The van der Waals surface area contributed by atoms with Crippen molar-refractivity contribution >= 4 is 28.4 Å². The maximum atomic E-state index is 13.0. The van der Waals surface area contributed by atoms with Gasteiger partial charge in [0.1, 0.15) is 23.1 Å². The van der Waals surface area contributed by atoms with E-state index >= 15 is 0 Å². The van der Waals surface area contributed by atoms with Crippen molar-refractivity contribution in [1.82, 2.24) is 9.36 Å². The van der Waals surface area contributed by atoms with E-state index in [1.165, 1.54) is 19.1 Å². The third-order valence-electron chi connectivity index (χ3n) is 3.39. The first kappa shape index (κ1) is 17.0. The Kier molecular flexibility index (Phi) is 4.71. The third-order valence-corrected chi connectivity index (χ3v) is 4.06. The average molecular weight is 359 g/mol. The molecule has 3 aromatic rings. The number of nitrogens with zero attached hydrogens (tertiary/aromatic N) is 2. The zero-order valence-corrected chi connectivity index (χ0v) is 14.3. The van der Waals surface area contributed by atoms with Crippen molar-refractivity contribution < 1.29 is 18.4 Å². The number of carbonyl (C=O) groups excluding carboxylic acids is 2. The fourth-order valence-electron chi connectivity index (χ4n) is 2.23. The number of rotatable bonds is 5. The van der Waals surface area contributed by atoms with Gasteiger partial charge in [0.15, 0.2) is 5.82 Å². The van der Waals surface area contributed by atoms with E-state index in [4.69, 9.17) is 4.42 Å². The van der Waals surface area contributed by atoms with Crippen LogP contribution in [0, 0.1) is 12.7 Å². The Hall–Kier alpha value is -2.87. The van der Waals surface area contributed by atoms with Gasteiger partial charge in [0.2, 0.25) is 5.13 Å². The van der Waals surface area contributed by atoms with Gasteiger partial charge >= 0.3 is 0 Å². The van der Waals surface area contributed by atoms with E-state index in [2.05, 4.69) is 14.7 Å². The van der Waals surface area contributed by atoms with Gasteiger partial charge in [-0.25, -0.2) is 9.37 Å². The van der Waals surface area contributed by atoms with Crippen LogP contribution in [0.3, 0.4) is 0 Å². The molecule has 0 bridgehead atoms. The number of aromatic nitrogens is 2. The fourth-order valence-corrected chi connectivity index (χ4v) is 2.81. The average Bonchev–Trinajstić information content (AvgIpc) is 3.14. The summed E-state index contributed by atoms with van der Waals surface area (Å²) in [6, 6.07) is 7.40. The lowest BCUT2D eigenvalue weighted by Gasteiger charge is -1.98. The molecule has 1 amide bonds. The summed E-state index contributed by atoms with van der Waals surface area (Å²) in [6.07, 6.45) is 0.131. The molecule has 0 atom stereocenters. The van der Waals surface area contributed by atoms with E-state index in [1.54, 1.807) is 25.1 Å². The minimum Gasteiger partial charge on any atom is -0.461 e. The van der Waals surface area contributed by atoms with Crippen molar-refractivity contribution in [3.05, 3.63) is 53.3 Å². The highest BCUT2D eigenvalue weighted by atomic mass is 32.1. The van der Waals surface area contributed by atoms with Crippen LogP contribution in [-0.4, -0.2) is 21.0 Å². The first-order valence-electron chi connectivity index (χ1n) is 7.42. The number of benzene rings is 1. The Bertz CT molecular complexity index is 931. The summed E-state index contributed by atoms with van der Waals surface area (Å²) in [5.74, 6) is 0.499. The van der Waals surface area contributed by atoms with Gasteiger partial charge in [0.05, 0.1) is 12.0 Å². The normalized spacial score (nSPS) is 10.7. The Morgan fingerprint density at radius 2 is 2.00 bits per heavy atom. The number of aryl methyl sites for hydroxylation is 1. The zero-order chi connectivity index (χ0) is 18.0. The standard InChI is InChI=1S/C17H14FN3O3S/c1-9(22)7-15-19-17(25-21-15)20-16(23)13-8-14(24-10(13)2)11-3-5-12(18)6-4-11/h3-6,8H,7H2,1-2H3,(H,19,20,21,23). The monoisotopic (exact) mass is 359 g/mol. The van der Waals surface area contributed by atoms with Gasteiger partial charge in [-0.15, -0.1) is 0 Å². The van der Waals surface area contributed by atoms with Crippen LogP contribution >= 0.6 is 11.5 Å². The first-order valence-corrected chi connectivity index (χ1v) is 8.19. The Morgan fingerprint density at radius 1 is 1.28 bits per heavy atom. The largest absolute Gasteiger partial charge is 0.461 e. The summed E-state index contributed by atoms with van der Waals surface area (Å²) in [5, 5.41) is 2.95. The number of ketones is 1. The quantitative estimate of drug-likeness (QED) is 0.752. The minimum absolute atomic E-state index is 0.0507. The first-order chi connectivity index (χ1) is 11.9. The van der Waals surface area contributed by atoms with Crippen LogP contribution in [0.25, 0.3) is 11.3 Å².